The molecule has 0 atom stereocenters. The van der Waals surface area contributed by atoms with Crippen LogP contribution in [0, 0.1) is 0 Å². The Bertz CT molecular complexity index is 175. The minimum Gasteiger partial charge on any atom is -0.305 e. The SMILES string of the molecule is C=C(C)/C=C\C(=C)CN(C)C. The molecule has 0 aliphatic rings. The molecule has 0 radical (unpaired) electrons. The van der Waals surface area contributed by atoms with Crippen molar-refractivity contribution in [2.24, 2.45) is 0 Å². The van der Waals surface area contributed by atoms with Crippen LogP contribution in [0.25, 0.3) is 0 Å². The maximum Gasteiger partial charge on any atom is 0.0221 e. The lowest BCUT2D eigenvalue weighted by Crippen LogP contribution is -2.13. The van der Waals surface area contributed by atoms with E-state index in [1.807, 2.05) is 33.2 Å². The molecule has 0 fully saturated rings. The molecule has 62 valence electrons. The summed E-state index contributed by atoms with van der Waals surface area (Å²) in [5.74, 6) is 0. The van der Waals surface area contributed by atoms with Crippen molar-refractivity contribution in [2.75, 3.05) is 20.6 Å². The molecule has 0 aromatic heterocycles. The second-order valence-corrected chi connectivity index (χ2v) is 3.08. The number of likely N-dealkylation sites (N-methyl/N-ethyl adjacent to an activating group) is 1. The average molecular weight is 151 g/mol. The molecular formula is C10H17N. The molecule has 0 aromatic rings. The summed E-state index contributed by atoms with van der Waals surface area (Å²) < 4.78 is 0. The topological polar surface area (TPSA) is 3.24 Å². The molecule has 0 aromatic carbocycles. The van der Waals surface area contributed by atoms with Crippen molar-refractivity contribution in [1.29, 1.82) is 0 Å². The van der Waals surface area contributed by atoms with Crippen molar-refractivity contribution in [2.45, 2.75) is 6.92 Å². The number of rotatable bonds is 4. The van der Waals surface area contributed by atoms with Crippen LogP contribution in [-0.4, -0.2) is 25.5 Å². The molecule has 0 N–H and O–H groups in total. The van der Waals surface area contributed by atoms with Crippen LogP contribution in [0.1, 0.15) is 6.92 Å². The van der Waals surface area contributed by atoms with Gasteiger partial charge in [0.15, 0.2) is 0 Å². The predicted molar refractivity (Wildman–Crippen MR) is 51.6 cm³/mol. The molecule has 11 heavy (non-hydrogen) atoms. The van der Waals surface area contributed by atoms with Gasteiger partial charge >= 0.3 is 0 Å². The monoisotopic (exact) mass is 151 g/mol. The summed E-state index contributed by atoms with van der Waals surface area (Å²) in [5, 5.41) is 0. The zero-order valence-electron chi connectivity index (χ0n) is 7.72. The van der Waals surface area contributed by atoms with Gasteiger partial charge in [0.05, 0.1) is 0 Å². The Morgan fingerprint density at radius 2 is 1.82 bits per heavy atom. The molecule has 0 unspecified atom stereocenters. The predicted octanol–water partition coefficient (Wildman–Crippen LogP) is 2.24. The van der Waals surface area contributed by atoms with Gasteiger partial charge in [-0.25, -0.2) is 0 Å². The van der Waals surface area contributed by atoms with Crippen LogP contribution in [0.3, 0.4) is 0 Å². The first-order valence-electron chi connectivity index (χ1n) is 3.68. The fraction of sp³-hybridized carbons (Fsp3) is 0.400. The average Bonchev–Trinajstić information content (AvgIpc) is 1.82. The van der Waals surface area contributed by atoms with E-state index in [1.165, 1.54) is 0 Å². The Labute approximate surface area is 69.7 Å². The summed E-state index contributed by atoms with van der Waals surface area (Å²) >= 11 is 0. The lowest BCUT2D eigenvalue weighted by atomic mass is 10.2. The fourth-order valence-corrected chi connectivity index (χ4v) is 0.719. The highest BCUT2D eigenvalue weighted by molar-refractivity contribution is 5.23. The van der Waals surface area contributed by atoms with Crippen molar-refractivity contribution in [3.05, 3.63) is 36.5 Å². The number of hydrogen-bond acceptors (Lipinski definition) is 1. The molecule has 0 spiro atoms. The normalized spacial score (nSPS) is 10.9. The molecule has 0 rings (SSSR count). The standard InChI is InChI=1S/C10H17N/c1-9(2)6-7-10(3)8-11(4)5/h6-7H,1,3,8H2,2,4-5H3/b7-6-. The Balaban J connectivity index is 3.78. The van der Waals surface area contributed by atoms with Crippen LogP contribution in [0.4, 0.5) is 0 Å². The van der Waals surface area contributed by atoms with E-state index >= 15 is 0 Å². The van der Waals surface area contributed by atoms with Crippen LogP contribution in [0.2, 0.25) is 0 Å². The van der Waals surface area contributed by atoms with Crippen molar-refractivity contribution in [1.82, 2.24) is 4.90 Å². The Kier molecular flexibility index (Phi) is 4.55. The molecule has 1 heteroatoms. The summed E-state index contributed by atoms with van der Waals surface area (Å²) in [5.41, 5.74) is 2.17. The van der Waals surface area contributed by atoms with E-state index in [0.29, 0.717) is 0 Å². The van der Waals surface area contributed by atoms with Gasteiger partial charge in [0.2, 0.25) is 0 Å². The van der Waals surface area contributed by atoms with Crippen LogP contribution in [0.15, 0.2) is 36.5 Å². The summed E-state index contributed by atoms with van der Waals surface area (Å²) in [6.07, 6.45) is 3.98. The molecule has 0 heterocycles. The zero-order valence-corrected chi connectivity index (χ0v) is 7.72. The van der Waals surface area contributed by atoms with Crippen molar-refractivity contribution in [3.8, 4) is 0 Å². The largest absolute Gasteiger partial charge is 0.305 e. The first kappa shape index (κ1) is 10.2. The third-order valence-corrected chi connectivity index (χ3v) is 1.12. The lowest BCUT2D eigenvalue weighted by Gasteiger charge is -2.08. The summed E-state index contributed by atoms with van der Waals surface area (Å²) in [4.78, 5) is 2.09. The highest BCUT2D eigenvalue weighted by Gasteiger charge is 1.89. The molecule has 0 saturated heterocycles. The summed E-state index contributed by atoms with van der Waals surface area (Å²) in [6, 6.07) is 0. The number of allylic oxidation sites excluding steroid dienone is 2. The van der Waals surface area contributed by atoms with E-state index < -0.39 is 0 Å². The smallest absolute Gasteiger partial charge is 0.0221 e. The summed E-state index contributed by atoms with van der Waals surface area (Å²) in [6.45, 7) is 10.5. The van der Waals surface area contributed by atoms with E-state index in [2.05, 4.69) is 18.1 Å². The number of nitrogens with zero attached hydrogens (tertiary/aromatic N) is 1. The van der Waals surface area contributed by atoms with Crippen LogP contribution in [-0.2, 0) is 0 Å². The first-order valence-corrected chi connectivity index (χ1v) is 3.68. The van der Waals surface area contributed by atoms with Gasteiger partial charge in [0.25, 0.3) is 0 Å². The van der Waals surface area contributed by atoms with Gasteiger partial charge in [0.1, 0.15) is 0 Å². The second kappa shape index (κ2) is 4.91. The maximum absolute atomic E-state index is 3.90. The Hall–Kier alpha value is -0.820. The molecule has 0 aliphatic heterocycles. The van der Waals surface area contributed by atoms with E-state index in [9.17, 15) is 0 Å². The van der Waals surface area contributed by atoms with Crippen molar-refractivity contribution < 1.29 is 0 Å². The fourth-order valence-electron chi connectivity index (χ4n) is 0.719. The van der Waals surface area contributed by atoms with Gasteiger partial charge < -0.3 is 4.90 Å². The highest BCUT2D eigenvalue weighted by Crippen LogP contribution is 1.97. The van der Waals surface area contributed by atoms with Gasteiger partial charge in [-0.05, 0) is 26.6 Å². The quantitative estimate of drug-likeness (QED) is 0.557. The van der Waals surface area contributed by atoms with Crippen molar-refractivity contribution >= 4 is 0 Å². The Morgan fingerprint density at radius 1 is 1.27 bits per heavy atom. The van der Waals surface area contributed by atoms with Gasteiger partial charge in [-0.3, -0.25) is 0 Å². The molecule has 0 amide bonds. The Morgan fingerprint density at radius 3 is 2.18 bits per heavy atom. The second-order valence-electron chi connectivity index (χ2n) is 3.08. The van der Waals surface area contributed by atoms with Gasteiger partial charge in [-0.1, -0.05) is 30.9 Å². The maximum atomic E-state index is 3.90. The van der Waals surface area contributed by atoms with Crippen molar-refractivity contribution in [3.63, 3.8) is 0 Å². The molecule has 0 saturated carbocycles. The van der Waals surface area contributed by atoms with Gasteiger partial charge in [0, 0.05) is 6.54 Å². The summed E-state index contributed by atoms with van der Waals surface area (Å²) in [7, 11) is 4.06. The highest BCUT2D eigenvalue weighted by atomic mass is 15.0. The van der Waals surface area contributed by atoms with Gasteiger partial charge in [-0.2, -0.15) is 0 Å². The first-order chi connectivity index (χ1) is 5.02. The molecular weight excluding hydrogens is 134 g/mol. The van der Waals surface area contributed by atoms with E-state index in [1.54, 1.807) is 0 Å². The lowest BCUT2D eigenvalue weighted by molar-refractivity contribution is 0.449. The third kappa shape index (κ3) is 7.07. The van der Waals surface area contributed by atoms with Crippen LogP contribution >= 0.6 is 0 Å². The minimum atomic E-state index is 0.907. The van der Waals surface area contributed by atoms with E-state index in [0.717, 1.165) is 17.7 Å². The van der Waals surface area contributed by atoms with Gasteiger partial charge in [-0.15, -0.1) is 0 Å². The third-order valence-electron chi connectivity index (χ3n) is 1.12. The molecule has 0 bridgehead atoms. The van der Waals surface area contributed by atoms with E-state index in [4.69, 9.17) is 0 Å². The molecule has 0 aliphatic carbocycles. The van der Waals surface area contributed by atoms with Crippen LogP contribution < -0.4 is 0 Å². The molecule has 1 nitrogen and oxygen atoms in total. The van der Waals surface area contributed by atoms with Crippen LogP contribution in [0.5, 0.6) is 0 Å². The minimum absolute atomic E-state index is 0.907. The van der Waals surface area contributed by atoms with E-state index in [-0.39, 0.29) is 0 Å². The number of hydrogen-bond donors (Lipinski definition) is 0. The zero-order chi connectivity index (χ0) is 8.85.